The topological polar surface area (TPSA) is 41.3 Å². The molecule has 6 aliphatic rings. The van der Waals surface area contributed by atoms with Crippen molar-refractivity contribution < 1.29 is 4.42 Å². The number of rotatable bonds is 0. The largest absolute Gasteiger partial charge is 0.455 e. The number of hydrogen-bond acceptors (Lipinski definition) is 2. The average molecular weight is 767 g/mol. The summed E-state index contributed by atoms with van der Waals surface area (Å²) in [6.45, 7) is 6.91. The first-order chi connectivity index (χ1) is 29.4. The zero-order valence-electron chi connectivity index (χ0n) is 33.7. The van der Waals surface area contributed by atoms with Crippen molar-refractivity contribution in [3.63, 3.8) is 0 Å². The standard InChI is InChI=1S/C57H38N2O/c1-57(2,3)44-22-21-37-41-25-43-52-46(23-28(27-58)48-35-19-20-36(53(48)52)30-12-5-4-11-29(30)35)59-45-26-40-39(49-31-13-6-8-15-33(31)50(40)34-16-9-7-14-32(34)49)24-42(45)54(55(43)59)56(41)60-47-18-10-17-38(44)51(37)47/h4-18,21-26,35-36,49-50H,19-20H2,1-3H3. The number of fused-ring (bicyclic) bond motifs is 10. The van der Waals surface area contributed by atoms with Gasteiger partial charge in [0.05, 0.1) is 33.6 Å². The van der Waals surface area contributed by atoms with Crippen molar-refractivity contribution in [3.05, 3.63) is 194 Å². The van der Waals surface area contributed by atoms with E-state index < -0.39 is 0 Å². The van der Waals surface area contributed by atoms with E-state index in [1.807, 2.05) is 0 Å². The van der Waals surface area contributed by atoms with Gasteiger partial charge in [-0.15, -0.1) is 0 Å². The molecule has 17 rings (SSSR count). The van der Waals surface area contributed by atoms with Crippen LogP contribution in [0.3, 0.4) is 0 Å². The number of nitriles is 1. The van der Waals surface area contributed by atoms with Crippen LogP contribution in [0.25, 0.3) is 70.8 Å². The molecular formula is C57H38N2O. The lowest BCUT2D eigenvalue weighted by Crippen LogP contribution is -2.27. The average Bonchev–Trinajstić information content (AvgIpc) is 3.79. The van der Waals surface area contributed by atoms with Crippen molar-refractivity contribution in [2.75, 3.05) is 0 Å². The normalized spacial score (nSPS) is 19.8. The molecule has 0 amide bonds. The molecule has 2 unspecified atom stereocenters. The first kappa shape index (κ1) is 32.0. The smallest absolute Gasteiger partial charge is 0.145 e. The summed E-state index contributed by atoms with van der Waals surface area (Å²) < 4.78 is 9.87. The maximum atomic E-state index is 11.0. The monoisotopic (exact) mass is 766 g/mol. The molecule has 0 fully saturated rings. The van der Waals surface area contributed by atoms with Crippen molar-refractivity contribution >= 4 is 70.8 Å². The van der Waals surface area contributed by atoms with Gasteiger partial charge in [0, 0.05) is 50.6 Å². The molecule has 0 N–H and O–H groups in total. The fraction of sp³-hybridized carbons (Fsp3) is 0.175. The van der Waals surface area contributed by atoms with Crippen LogP contribution in [-0.4, -0.2) is 4.40 Å². The minimum Gasteiger partial charge on any atom is -0.455 e. The van der Waals surface area contributed by atoms with E-state index in [4.69, 9.17) is 4.42 Å². The molecule has 0 radical (unpaired) electrons. The molecule has 282 valence electrons. The Morgan fingerprint density at radius 2 is 1.17 bits per heavy atom. The second kappa shape index (κ2) is 10.5. The maximum absolute atomic E-state index is 11.0. The summed E-state index contributed by atoms with van der Waals surface area (Å²) in [6.07, 6.45) is 2.18. The second-order valence-corrected chi connectivity index (χ2v) is 19.2. The number of aromatic nitrogens is 1. The van der Waals surface area contributed by atoms with Crippen LogP contribution in [0, 0.1) is 11.3 Å². The van der Waals surface area contributed by atoms with Crippen LogP contribution in [0.4, 0.5) is 0 Å². The molecule has 8 aromatic carbocycles. The van der Waals surface area contributed by atoms with Gasteiger partial charge < -0.3 is 8.82 Å². The highest BCUT2D eigenvalue weighted by atomic mass is 16.3. The van der Waals surface area contributed by atoms with E-state index in [9.17, 15) is 5.26 Å². The van der Waals surface area contributed by atoms with Gasteiger partial charge in [0.2, 0.25) is 0 Å². The molecule has 2 atom stereocenters. The van der Waals surface area contributed by atoms with E-state index in [1.54, 1.807) is 0 Å². The van der Waals surface area contributed by atoms with Gasteiger partial charge in [-0.25, -0.2) is 0 Å². The zero-order chi connectivity index (χ0) is 39.5. The molecular weight excluding hydrogens is 729 g/mol. The predicted molar refractivity (Wildman–Crippen MR) is 243 cm³/mol. The van der Waals surface area contributed by atoms with Gasteiger partial charge in [-0.2, -0.15) is 5.26 Å². The Hall–Kier alpha value is -6.89. The van der Waals surface area contributed by atoms with Crippen molar-refractivity contribution in [3.8, 4) is 6.07 Å². The third-order valence-corrected chi connectivity index (χ3v) is 15.6. The van der Waals surface area contributed by atoms with E-state index in [1.165, 1.54) is 110 Å². The SMILES string of the molecule is CC(C)(C)c1ccc2c3cc4c5c6c(c(C#N)cc5n5c7cc8c(cc7c(c3oc3cccc1c32)c45)C1c2ccccc2C8c2ccccc21)C1CCC6c2ccccc21. The highest BCUT2D eigenvalue weighted by Crippen LogP contribution is 2.60. The van der Waals surface area contributed by atoms with Crippen molar-refractivity contribution in [2.24, 2.45) is 0 Å². The number of hydrogen-bond donors (Lipinski definition) is 0. The zero-order valence-corrected chi connectivity index (χ0v) is 33.7. The van der Waals surface area contributed by atoms with Gasteiger partial charge in [-0.3, -0.25) is 0 Å². The van der Waals surface area contributed by atoms with Crippen molar-refractivity contribution in [2.45, 2.75) is 62.7 Å². The first-order valence-corrected chi connectivity index (χ1v) is 21.7. The third kappa shape index (κ3) is 3.55. The maximum Gasteiger partial charge on any atom is 0.145 e. The second-order valence-electron chi connectivity index (χ2n) is 19.2. The van der Waals surface area contributed by atoms with Crippen LogP contribution < -0.4 is 0 Å². The molecule has 6 aliphatic carbocycles. The molecule has 3 heterocycles. The van der Waals surface area contributed by atoms with Crippen molar-refractivity contribution in [1.29, 1.82) is 5.26 Å². The summed E-state index contributed by atoms with van der Waals surface area (Å²) in [7, 11) is 0. The molecule has 0 aliphatic heterocycles. The Kier molecular flexibility index (Phi) is 5.58. The highest BCUT2D eigenvalue weighted by molar-refractivity contribution is 6.34. The van der Waals surface area contributed by atoms with Crippen LogP contribution in [0.5, 0.6) is 0 Å². The lowest BCUT2D eigenvalue weighted by molar-refractivity contribution is 0.522. The van der Waals surface area contributed by atoms with Crippen LogP contribution in [0.2, 0.25) is 0 Å². The van der Waals surface area contributed by atoms with Gasteiger partial charge in [-0.1, -0.05) is 118 Å². The Labute approximate surface area is 346 Å². The van der Waals surface area contributed by atoms with E-state index in [0.29, 0.717) is 0 Å². The Bertz CT molecular complexity index is 3810. The quantitative estimate of drug-likeness (QED) is 0.114. The van der Waals surface area contributed by atoms with Gasteiger partial charge in [-0.05, 0) is 121 Å². The van der Waals surface area contributed by atoms with Crippen LogP contribution in [0.15, 0.2) is 132 Å². The fourth-order valence-corrected chi connectivity index (χ4v) is 13.4. The van der Waals surface area contributed by atoms with E-state index in [0.717, 1.165) is 40.5 Å². The van der Waals surface area contributed by atoms with E-state index in [2.05, 4.69) is 159 Å². The van der Waals surface area contributed by atoms with Gasteiger partial charge in [0.25, 0.3) is 0 Å². The third-order valence-electron chi connectivity index (χ3n) is 15.6. The predicted octanol–water partition coefficient (Wildman–Crippen LogP) is 14.4. The molecule has 3 nitrogen and oxygen atoms in total. The summed E-state index contributed by atoms with van der Waals surface area (Å²) in [4.78, 5) is 0. The Morgan fingerprint density at radius 1 is 0.533 bits per heavy atom. The lowest BCUT2D eigenvalue weighted by atomic mass is 9.61. The van der Waals surface area contributed by atoms with Gasteiger partial charge in [0.1, 0.15) is 11.2 Å². The van der Waals surface area contributed by atoms with E-state index in [-0.39, 0.29) is 29.1 Å². The summed E-state index contributed by atoms with van der Waals surface area (Å²) in [5.74, 6) is 0.795. The first-order valence-electron chi connectivity index (χ1n) is 21.7. The van der Waals surface area contributed by atoms with Gasteiger partial charge >= 0.3 is 0 Å². The molecule has 0 spiro atoms. The number of benzene rings is 8. The van der Waals surface area contributed by atoms with Crippen LogP contribution in [0.1, 0.15) is 124 Å². The summed E-state index contributed by atoms with van der Waals surface area (Å²) in [5, 5.41) is 20.9. The molecule has 0 saturated heterocycles. The van der Waals surface area contributed by atoms with Crippen LogP contribution in [-0.2, 0) is 5.41 Å². The Balaban J connectivity index is 1.17. The molecule has 11 aromatic rings. The Morgan fingerprint density at radius 3 is 1.82 bits per heavy atom. The summed E-state index contributed by atoms with van der Waals surface area (Å²) in [5.41, 5.74) is 21.5. The molecule has 4 bridgehead atoms. The molecule has 60 heavy (non-hydrogen) atoms. The van der Waals surface area contributed by atoms with Crippen molar-refractivity contribution in [1.82, 2.24) is 4.40 Å². The minimum absolute atomic E-state index is 0.0232. The molecule has 3 aromatic heterocycles. The van der Waals surface area contributed by atoms with Gasteiger partial charge in [0.15, 0.2) is 0 Å². The molecule has 0 saturated carbocycles. The highest BCUT2D eigenvalue weighted by Gasteiger charge is 2.44. The van der Waals surface area contributed by atoms with E-state index >= 15 is 0 Å². The van der Waals surface area contributed by atoms with Crippen LogP contribution >= 0.6 is 0 Å². The minimum atomic E-state index is -0.0232. The lowest BCUT2D eigenvalue weighted by Gasteiger charge is -2.42. The fourth-order valence-electron chi connectivity index (χ4n) is 13.4. The number of nitrogens with zero attached hydrogens (tertiary/aromatic N) is 2. The molecule has 3 heteroatoms. The summed E-state index contributed by atoms with van der Waals surface area (Å²) >= 11 is 0. The summed E-state index contributed by atoms with van der Waals surface area (Å²) in [6, 6.07) is 51.1.